The van der Waals surface area contributed by atoms with Gasteiger partial charge in [-0.3, -0.25) is 10.1 Å². The fraction of sp³-hybridized carbons (Fsp3) is 0.250. The van der Waals surface area contributed by atoms with Crippen molar-refractivity contribution in [3.05, 3.63) is 51.3 Å². The van der Waals surface area contributed by atoms with Gasteiger partial charge in [-0.25, -0.2) is 4.68 Å². The number of nitro groups is 1. The molecule has 0 fully saturated rings. The molecular weight excluding hydrogens is 268 g/mol. The SMILES string of the molecule is CCNCc1ccn(-c2c(Cl)cccc2[N+](=O)[O-])n1. The van der Waals surface area contributed by atoms with Crippen molar-refractivity contribution in [2.75, 3.05) is 6.54 Å². The molecule has 0 spiro atoms. The lowest BCUT2D eigenvalue weighted by molar-refractivity contribution is -0.384. The third-order valence-corrected chi connectivity index (χ3v) is 2.90. The molecule has 0 aliphatic heterocycles. The largest absolute Gasteiger partial charge is 0.311 e. The van der Waals surface area contributed by atoms with Gasteiger partial charge in [-0.1, -0.05) is 24.6 Å². The van der Waals surface area contributed by atoms with Crippen molar-refractivity contribution < 1.29 is 4.92 Å². The fourth-order valence-electron chi connectivity index (χ4n) is 1.71. The summed E-state index contributed by atoms with van der Waals surface area (Å²) in [5, 5.41) is 18.7. The number of aromatic nitrogens is 2. The predicted molar refractivity (Wildman–Crippen MR) is 72.6 cm³/mol. The predicted octanol–water partition coefficient (Wildman–Crippen LogP) is 2.54. The van der Waals surface area contributed by atoms with Crippen LogP contribution in [-0.4, -0.2) is 21.2 Å². The quantitative estimate of drug-likeness (QED) is 0.675. The van der Waals surface area contributed by atoms with Crippen molar-refractivity contribution in [1.29, 1.82) is 0 Å². The molecular formula is C12H13ClN4O2. The standard InChI is InChI=1S/C12H13ClN4O2/c1-2-14-8-9-6-7-16(15-9)12-10(13)4-3-5-11(12)17(18)19/h3-7,14H,2,8H2,1H3. The summed E-state index contributed by atoms with van der Waals surface area (Å²) in [6.07, 6.45) is 1.67. The second-order valence-corrected chi connectivity index (χ2v) is 4.30. The zero-order valence-corrected chi connectivity index (χ0v) is 11.1. The number of rotatable bonds is 5. The van der Waals surface area contributed by atoms with E-state index in [9.17, 15) is 10.1 Å². The van der Waals surface area contributed by atoms with Crippen molar-refractivity contribution in [3.8, 4) is 5.69 Å². The lowest BCUT2D eigenvalue weighted by atomic mass is 10.2. The van der Waals surface area contributed by atoms with Gasteiger partial charge in [0, 0.05) is 18.8 Å². The first-order chi connectivity index (χ1) is 9.13. The molecule has 0 atom stereocenters. The van der Waals surface area contributed by atoms with Crippen molar-refractivity contribution in [1.82, 2.24) is 15.1 Å². The highest BCUT2D eigenvalue weighted by molar-refractivity contribution is 6.32. The van der Waals surface area contributed by atoms with Gasteiger partial charge in [-0.2, -0.15) is 5.10 Å². The summed E-state index contributed by atoms with van der Waals surface area (Å²) in [6, 6.07) is 6.37. The van der Waals surface area contributed by atoms with E-state index in [1.54, 1.807) is 24.4 Å². The number of halogens is 1. The molecule has 2 rings (SSSR count). The Kier molecular flexibility index (Phi) is 4.13. The van der Waals surface area contributed by atoms with Gasteiger partial charge in [0.2, 0.25) is 0 Å². The molecule has 1 aromatic carbocycles. The topological polar surface area (TPSA) is 73.0 Å². The summed E-state index contributed by atoms with van der Waals surface area (Å²) in [6.45, 7) is 3.44. The van der Waals surface area contributed by atoms with Gasteiger partial charge >= 0.3 is 0 Å². The Labute approximate surface area is 115 Å². The van der Waals surface area contributed by atoms with Gasteiger partial charge in [0.25, 0.3) is 5.69 Å². The Morgan fingerprint density at radius 1 is 1.47 bits per heavy atom. The number of benzene rings is 1. The zero-order valence-electron chi connectivity index (χ0n) is 10.3. The monoisotopic (exact) mass is 280 g/mol. The molecule has 1 heterocycles. The van der Waals surface area contributed by atoms with Crippen LogP contribution in [0.15, 0.2) is 30.5 Å². The van der Waals surface area contributed by atoms with Gasteiger partial charge < -0.3 is 5.32 Å². The lowest BCUT2D eigenvalue weighted by Gasteiger charge is -2.05. The molecule has 2 aromatic rings. The summed E-state index contributed by atoms with van der Waals surface area (Å²) >= 11 is 6.04. The van der Waals surface area contributed by atoms with E-state index in [0.29, 0.717) is 11.6 Å². The normalized spacial score (nSPS) is 10.6. The molecule has 100 valence electrons. The first-order valence-corrected chi connectivity index (χ1v) is 6.19. The number of para-hydroxylation sites is 1. The van der Waals surface area contributed by atoms with E-state index in [4.69, 9.17) is 11.6 Å². The molecule has 6 nitrogen and oxygen atoms in total. The molecule has 0 saturated carbocycles. The second-order valence-electron chi connectivity index (χ2n) is 3.90. The average molecular weight is 281 g/mol. The molecule has 1 N–H and O–H groups in total. The highest BCUT2D eigenvalue weighted by Crippen LogP contribution is 2.29. The van der Waals surface area contributed by atoms with Gasteiger partial charge in [-0.05, 0) is 18.7 Å². The molecule has 0 unspecified atom stereocenters. The van der Waals surface area contributed by atoms with Crippen LogP contribution in [-0.2, 0) is 6.54 Å². The third-order valence-electron chi connectivity index (χ3n) is 2.59. The van der Waals surface area contributed by atoms with E-state index in [1.165, 1.54) is 10.7 Å². The highest BCUT2D eigenvalue weighted by Gasteiger charge is 2.19. The molecule has 0 amide bonds. The average Bonchev–Trinajstić information content (AvgIpc) is 2.84. The number of nitrogens with one attached hydrogen (secondary N) is 1. The Morgan fingerprint density at radius 3 is 2.95 bits per heavy atom. The smallest absolute Gasteiger partial charge is 0.296 e. The summed E-state index contributed by atoms with van der Waals surface area (Å²) in [4.78, 5) is 10.6. The first kappa shape index (κ1) is 13.5. The van der Waals surface area contributed by atoms with Crippen LogP contribution in [0.3, 0.4) is 0 Å². The van der Waals surface area contributed by atoms with Crippen molar-refractivity contribution in [2.45, 2.75) is 13.5 Å². The van der Waals surface area contributed by atoms with Crippen LogP contribution in [0, 0.1) is 10.1 Å². The van der Waals surface area contributed by atoms with Crippen LogP contribution in [0.4, 0.5) is 5.69 Å². The number of nitrogens with zero attached hydrogens (tertiary/aromatic N) is 3. The maximum atomic E-state index is 11.0. The van der Waals surface area contributed by atoms with E-state index in [1.807, 2.05) is 6.92 Å². The van der Waals surface area contributed by atoms with Crippen LogP contribution in [0.5, 0.6) is 0 Å². The van der Waals surface area contributed by atoms with Gasteiger partial charge in [0.1, 0.15) is 0 Å². The number of nitro benzene ring substituents is 1. The summed E-state index contributed by atoms with van der Waals surface area (Å²) < 4.78 is 1.44. The van der Waals surface area contributed by atoms with Crippen LogP contribution in [0.1, 0.15) is 12.6 Å². The molecule has 0 bridgehead atoms. The van der Waals surface area contributed by atoms with Crippen LogP contribution < -0.4 is 5.32 Å². The van der Waals surface area contributed by atoms with E-state index in [0.717, 1.165) is 12.2 Å². The molecule has 7 heteroatoms. The molecule has 0 aliphatic carbocycles. The maximum absolute atomic E-state index is 11.0. The fourth-order valence-corrected chi connectivity index (χ4v) is 1.97. The minimum atomic E-state index is -0.465. The Morgan fingerprint density at radius 2 is 2.26 bits per heavy atom. The molecule has 1 aromatic heterocycles. The lowest BCUT2D eigenvalue weighted by Crippen LogP contribution is -2.12. The van der Waals surface area contributed by atoms with Crippen LogP contribution in [0.25, 0.3) is 5.69 Å². The van der Waals surface area contributed by atoms with E-state index in [2.05, 4.69) is 10.4 Å². The molecule has 0 radical (unpaired) electrons. The Bertz CT molecular complexity index is 597. The summed E-state index contributed by atoms with van der Waals surface area (Å²) in [5.41, 5.74) is 1.03. The Balaban J connectivity index is 2.41. The third kappa shape index (κ3) is 2.91. The van der Waals surface area contributed by atoms with Crippen molar-refractivity contribution in [3.63, 3.8) is 0 Å². The van der Waals surface area contributed by atoms with E-state index in [-0.39, 0.29) is 11.4 Å². The molecule has 19 heavy (non-hydrogen) atoms. The number of hydrogen-bond acceptors (Lipinski definition) is 4. The summed E-state index contributed by atoms with van der Waals surface area (Å²) in [7, 11) is 0. The zero-order chi connectivity index (χ0) is 13.8. The van der Waals surface area contributed by atoms with Crippen molar-refractivity contribution in [2.24, 2.45) is 0 Å². The van der Waals surface area contributed by atoms with E-state index < -0.39 is 4.92 Å². The van der Waals surface area contributed by atoms with Gasteiger partial charge in [0.05, 0.1) is 15.6 Å². The second kappa shape index (κ2) is 5.81. The molecule has 0 aliphatic rings. The molecule has 0 saturated heterocycles. The van der Waals surface area contributed by atoms with Crippen molar-refractivity contribution >= 4 is 17.3 Å². The summed E-state index contributed by atoms with van der Waals surface area (Å²) in [5.74, 6) is 0. The van der Waals surface area contributed by atoms with Gasteiger partial charge in [-0.15, -0.1) is 0 Å². The van der Waals surface area contributed by atoms with E-state index >= 15 is 0 Å². The number of hydrogen-bond donors (Lipinski definition) is 1. The van der Waals surface area contributed by atoms with Crippen LogP contribution >= 0.6 is 11.6 Å². The minimum absolute atomic E-state index is 0.0643. The first-order valence-electron chi connectivity index (χ1n) is 5.82. The van der Waals surface area contributed by atoms with Gasteiger partial charge in [0.15, 0.2) is 5.69 Å². The van der Waals surface area contributed by atoms with Crippen LogP contribution in [0.2, 0.25) is 5.02 Å². The maximum Gasteiger partial charge on any atom is 0.296 e. The minimum Gasteiger partial charge on any atom is -0.311 e. The highest BCUT2D eigenvalue weighted by atomic mass is 35.5. The Hall–Kier alpha value is -1.92.